The Morgan fingerprint density at radius 1 is 1.00 bits per heavy atom. The van der Waals surface area contributed by atoms with Crippen molar-refractivity contribution < 1.29 is 14.3 Å². The first-order valence-corrected chi connectivity index (χ1v) is 6.88. The molecular weight excluding hydrogens is 280 g/mol. The van der Waals surface area contributed by atoms with Crippen molar-refractivity contribution in [3.05, 3.63) is 65.2 Å². The first-order valence-electron chi connectivity index (χ1n) is 6.88. The lowest BCUT2D eigenvalue weighted by Crippen LogP contribution is -2.42. The van der Waals surface area contributed by atoms with Gasteiger partial charge in [0.25, 0.3) is 5.91 Å². The zero-order valence-electron chi connectivity index (χ0n) is 12.6. The third kappa shape index (κ3) is 4.09. The van der Waals surface area contributed by atoms with Crippen molar-refractivity contribution in [3.8, 4) is 5.75 Å². The number of methoxy groups -OCH3 is 1. The van der Waals surface area contributed by atoms with Gasteiger partial charge in [0.2, 0.25) is 5.91 Å². The minimum atomic E-state index is -0.422. The maximum atomic E-state index is 12.0. The SMILES string of the molecule is COc1ccccc1C(=O)NNC(=O)Cc1ccc(C)cc1. The fourth-order valence-electron chi connectivity index (χ4n) is 1.96. The Morgan fingerprint density at radius 2 is 1.68 bits per heavy atom. The predicted octanol–water partition coefficient (Wildman–Crippen LogP) is 2.01. The summed E-state index contributed by atoms with van der Waals surface area (Å²) in [5, 5.41) is 0. The lowest BCUT2D eigenvalue weighted by Gasteiger charge is -2.10. The molecule has 0 radical (unpaired) electrons. The molecule has 0 bridgehead atoms. The molecule has 2 rings (SSSR count). The monoisotopic (exact) mass is 298 g/mol. The van der Waals surface area contributed by atoms with Gasteiger partial charge in [-0.2, -0.15) is 0 Å². The van der Waals surface area contributed by atoms with Crippen molar-refractivity contribution in [2.75, 3.05) is 7.11 Å². The maximum absolute atomic E-state index is 12.0. The number of nitrogens with one attached hydrogen (secondary N) is 2. The summed E-state index contributed by atoms with van der Waals surface area (Å²) in [7, 11) is 1.49. The van der Waals surface area contributed by atoms with Crippen molar-refractivity contribution in [2.45, 2.75) is 13.3 Å². The van der Waals surface area contributed by atoms with E-state index >= 15 is 0 Å². The number of aryl methyl sites for hydroxylation is 1. The number of rotatable bonds is 4. The molecule has 0 aliphatic carbocycles. The normalized spacial score (nSPS) is 9.91. The molecule has 0 aromatic heterocycles. The summed E-state index contributed by atoms with van der Waals surface area (Å²) in [4.78, 5) is 23.9. The Labute approximate surface area is 129 Å². The van der Waals surface area contributed by atoms with Crippen LogP contribution in [0.2, 0.25) is 0 Å². The second-order valence-corrected chi connectivity index (χ2v) is 4.86. The number of carbonyl (C=O) groups excluding carboxylic acids is 2. The highest BCUT2D eigenvalue weighted by Crippen LogP contribution is 2.16. The first-order chi connectivity index (χ1) is 10.6. The van der Waals surface area contributed by atoms with Crippen LogP contribution in [0.5, 0.6) is 5.75 Å². The number of para-hydroxylation sites is 1. The number of hydrogen-bond donors (Lipinski definition) is 2. The molecule has 0 aliphatic rings. The van der Waals surface area contributed by atoms with Gasteiger partial charge in [0, 0.05) is 0 Å². The van der Waals surface area contributed by atoms with Gasteiger partial charge in [0.15, 0.2) is 0 Å². The molecule has 2 aromatic carbocycles. The topological polar surface area (TPSA) is 67.4 Å². The van der Waals surface area contributed by atoms with E-state index in [0.29, 0.717) is 11.3 Å². The standard InChI is InChI=1S/C17H18N2O3/c1-12-7-9-13(10-8-12)11-16(20)18-19-17(21)14-5-3-4-6-15(14)22-2/h3-10H,11H2,1-2H3,(H,18,20)(H,19,21). The molecule has 114 valence electrons. The van der Waals surface area contributed by atoms with Gasteiger partial charge in [0.1, 0.15) is 5.75 Å². The lowest BCUT2D eigenvalue weighted by molar-refractivity contribution is -0.121. The zero-order valence-corrected chi connectivity index (χ0v) is 12.6. The first kappa shape index (κ1) is 15.6. The quantitative estimate of drug-likeness (QED) is 0.848. The van der Waals surface area contributed by atoms with Crippen LogP contribution in [0.4, 0.5) is 0 Å². The van der Waals surface area contributed by atoms with Crippen LogP contribution in [0, 0.1) is 6.92 Å². The fraction of sp³-hybridized carbons (Fsp3) is 0.176. The molecule has 5 heteroatoms. The van der Waals surface area contributed by atoms with Gasteiger partial charge < -0.3 is 4.74 Å². The molecule has 0 aliphatic heterocycles. The van der Waals surface area contributed by atoms with E-state index in [0.717, 1.165) is 11.1 Å². The fourth-order valence-corrected chi connectivity index (χ4v) is 1.96. The summed E-state index contributed by atoms with van der Waals surface area (Å²) in [6.45, 7) is 1.98. The van der Waals surface area contributed by atoms with E-state index in [-0.39, 0.29) is 12.3 Å². The molecule has 22 heavy (non-hydrogen) atoms. The van der Waals surface area contributed by atoms with E-state index in [1.54, 1.807) is 24.3 Å². The van der Waals surface area contributed by atoms with Crippen LogP contribution in [-0.2, 0) is 11.2 Å². The van der Waals surface area contributed by atoms with Gasteiger partial charge in [-0.15, -0.1) is 0 Å². The van der Waals surface area contributed by atoms with Crippen LogP contribution in [-0.4, -0.2) is 18.9 Å². The second kappa shape index (κ2) is 7.26. The average molecular weight is 298 g/mol. The molecule has 0 unspecified atom stereocenters. The number of ether oxygens (including phenoxy) is 1. The number of hydrogen-bond acceptors (Lipinski definition) is 3. The van der Waals surface area contributed by atoms with Crippen LogP contribution in [0.25, 0.3) is 0 Å². The summed E-state index contributed by atoms with van der Waals surface area (Å²) < 4.78 is 5.11. The van der Waals surface area contributed by atoms with Gasteiger partial charge in [-0.1, -0.05) is 42.0 Å². The van der Waals surface area contributed by atoms with Gasteiger partial charge in [-0.25, -0.2) is 0 Å². The molecule has 0 spiro atoms. The van der Waals surface area contributed by atoms with Crippen LogP contribution in [0.3, 0.4) is 0 Å². The van der Waals surface area contributed by atoms with Gasteiger partial charge in [-0.05, 0) is 24.6 Å². The maximum Gasteiger partial charge on any atom is 0.273 e. The van der Waals surface area contributed by atoms with E-state index in [9.17, 15) is 9.59 Å². The van der Waals surface area contributed by atoms with E-state index in [2.05, 4.69) is 10.9 Å². The average Bonchev–Trinajstić information content (AvgIpc) is 2.54. The molecule has 0 saturated carbocycles. The van der Waals surface area contributed by atoms with Crippen molar-refractivity contribution in [1.82, 2.24) is 10.9 Å². The van der Waals surface area contributed by atoms with Crippen LogP contribution >= 0.6 is 0 Å². The summed E-state index contributed by atoms with van der Waals surface area (Å²) in [5.41, 5.74) is 7.17. The third-order valence-electron chi connectivity index (χ3n) is 3.15. The minimum absolute atomic E-state index is 0.201. The Bertz CT molecular complexity index is 666. The van der Waals surface area contributed by atoms with E-state index in [4.69, 9.17) is 4.74 Å². The van der Waals surface area contributed by atoms with Crippen LogP contribution in [0.1, 0.15) is 21.5 Å². The van der Waals surface area contributed by atoms with E-state index in [1.807, 2.05) is 31.2 Å². The number of amides is 2. The van der Waals surface area contributed by atoms with Gasteiger partial charge >= 0.3 is 0 Å². The van der Waals surface area contributed by atoms with Crippen molar-refractivity contribution in [3.63, 3.8) is 0 Å². The van der Waals surface area contributed by atoms with E-state index in [1.165, 1.54) is 7.11 Å². The Hall–Kier alpha value is -2.82. The Kier molecular flexibility index (Phi) is 5.14. The predicted molar refractivity (Wildman–Crippen MR) is 83.5 cm³/mol. The van der Waals surface area contributed by atoms with Gasteiger partial charge in [-0.3, -0.25) is 20.4 Å². The number of hydrazine groups is 1. The Morgan fingerprint density at radius 3 is 2.36 bits per heavy atom. The highest BCUT2D eigenvalue weighted by molar-refractivity contribution is 5.97. The summed E-state index contributed by atoms with van der Waals surface area (Å²) >= 11 is 0. The summed E-state index contributed by atoms with van der Waals surface area (Å²) in [6.07, 6.45) is 0.201. The van der Waals surface area contributed by atoms with E-state index < -0.39 is 5.91 Å². The molecule has 0 saturated heterocycles. The summed E-state index contributed by atoms with van der Waals surface area (Å²) in [6, 6.07) is 14.5. The molecular formula is C17H18N2O3. The van der Waals surface area contributed by atoms with Crippen molar-refractivity contribution in [1.29, 1.82) is 0 Å². The largest absolute Gasteiger partial charge is 0.496 e. The molecule has 2 aromatic rings. The number of carbonyl (C=O) groups is 2. The highest BCUT2D eigenvalue weighted by Gasteiger charge is 2.12. The van der Waals surface area contributed by atoms with Gasteiger partial charge in [0.05, 0.1) is 19.1 Å². The Balaban J connectivity index is 1.90. The zero-order chi connectivity index (χ0) is 15.9. The molecule has 0 heterocycles. The molecule has 2 amide bonds. The molecule has 2 N–H and O–H groups in total. The lowest BCUT2D eigenvalue weighted by atomic mass is 10.1. The van der Waals surface area contributed by atoms with Crippen LogP contribution < -0.4 is 15.6 Å². The second-order valence-electron chi connectivity index (χ2n) is 4.86. The third-order valence-corrected chi connectivity index (χ3v) is 3.15. The van der Waals surface area contributed by atoms with Crippen molar-refractivity contribution >= 4 is 11.8 Å². The number of benzene rings is 2. The molecule has 5 nitrogen and oxygen atoms in total. The summed E-state index contributed by atoms with van der Waals surface area (Å²) in [5.74, 6) is -0.255. The van der Waals surface area contributed by atoms with Crippen molar-refractivity contribution in [2.24, 2.45) is 0 Å². The molecule has 0 atom stereocenters. The highest BCUT2D eigenvalue weighted by atomic mass is 16.5. The molecule has 0 fully saturated rings. The minimum Gasteiger partial charge on any atom is -0.496 e. The smallest absolute Gasteiger partial charge is 0.273 e. The van der Waals surface area contributed by atoms with Crippen LogP contribution in [0.15, 0.2) is 48.5 Å².